The quantitative estimate of drug-likeness (QED) is 0.800. The maximum absolute atomic E-state index is 13.3. The van der Waals surface area contributed by atoms with Crippen molar-refractivity contribution >= 4 is 11.9 Å². The standard InChI is InChI=1S/C16H19F2NO3/c1-16(2,3)22-15(21)19-7-6-14(20)11(9-19)10-4-5-12(17)13(18)8-10/h4-5,8,11H,6-7,9H2,1-3H3. The Morgan fingerprint density at radius 3 is 2.55 bits per heavy atom. The van der Waals surface area contributed by atoms with Crippen molar-refractivity contribution in [2.75, 3.05) is 13.1 Å². The van der Waals surface area contributed by atoms with Gasteiger partial charge in [-0.25, -0.2) is 13.6 Å². The number of Topliss-reactive ketones (excluding diaryl/α,β-unsaturated/α-hetero) is 1. The summed E-state index contributed by atoms with van der Waals surface area (Å²) in [6.07, 6.45) is -0.337. The number of hydrogen-bond donors (Lipinski definition) is 0. The van der Waals surface area contributed by atoms with Crippen molar-refractivity contribution in [3.8, 4) is 0 Å². The number of carbonyl (C=O) groups is 2. The highest BCUT2D eigenvalue weighted by atomic mass is 19.2. The molecule has 0 N–H and O–H groups in total. The molecule has 4 nitrogen and oxygen atoms in total. The van der Waals surface area contributed by atoms with E-state index in [9.17, 15) is 18.4 Å². The van der Waals surface area contributed by atoms with Gasteiger partial charge in [0.25, 0.3) is 0 Å². The Morgan fingerprint density at radius 1 is 1.27 bits per heavy atom. The summed E-state index contributed by atoms with van der Waals surface area (Å²) < 4.78 is 31.6. The molecule has 1 heterocycles. The summed E-state index contributed by atoms with van der Waals surface area (Å²) in [7, 11) is 0. The topological polar surface area (TPSA) is 46.6 Å². The molecule has 0 saturated carbocycles. The number of amides is 1. The Kier molecular flexibility index (Phi) is 4.49. The third-order valence-corrected chi connectivity index (χ3v) is 3.42. The molecule has 1 aliphatic heterocycles. The van der Waals surface area contributed by atoms with Gasteiger partial charge in [0.05, 0.1) is 5.92 Å². The highest BCUT2D eigenvalue weighted by molar-refractivity contribution is 5.88. The molecule has 0 aromatic heterocycles. The molecule has 0 aliphatic carbocycles. The Morgan fingerprint density at radius 2 is 1.95 bits per heavy atom. The van der Waals surface area contributed by atoms with E-state index in [-0.39, 0.29) is 25.3 Å². The van der Waals surface area contributed by atoms with Gasteiger partial charge in [0.2, 0.25) is 0 Å². The molecular weight excluding hydrogens is 292 g/mol. The highest BCUT2D eigenvalue weighted by Gasteiger charge is 2.33. The van der Waals surface area contributed by atoms with Crippen molar-refractivity contribution in [3.05, 3.63) is 35.4 Å². The summed E-state index contributed by atoms with van der Waals surface area (Å²) in [6, 6.07) is 3.38. The molecule has 2 rings (SSSR count). The molecule has 0 spiro atoms. The molecule has 1 unspecified atom stereocenters. The van der Waals surface area contributed by atoms with E-state index in [0.717, 1.165) is 12.1 Å². The molecule has 0 radical (unpaired) electrons. The number of ether oxygens (including phenoxy) is 1. The fourth-order valence-electron chi connectivity index (χ4n) is 2.35. The lowest BCUT2D eigenvalue weighted by molar-refractivity contribution is -0.123. The maximum atomic E-state index is 13.3. The van der Waals surface area contributed by atoms with E-state index in [4.69, 9.17) is 4.74 Å². The SMILES string of the molecule is CC(C)(C)OC(=O)N1CCC(=O)C(c2ccc(F)c(F)c2)C1. The van der Waals surface area contributed by atoms with E-state index in [1.54, 1.807) is 20.8 Å². The zero-order valence-electron chi connectivity index (χ0n) is 12.9. The fraction of sp³-hybridized carbons (Fsp3) is 0.500. The number of carbonyl (C=O) groups excluding carboxylic acids is 2. The minimum absolute atomic E-state index is 0.0918. The summed E-state index contributed by atoms with van der Waals surface area (Å²) in [5.74, 6) is -2.71. The minimum atomic E-state index is -1.00. The van der Waals surface area contributed by atoms with E-state index in [1.165, 1.54) is 11.0 Å². The molecular formula is C16H19F2NO3. The van der Waals surface area contributed by atoms with Gasteiger partial charge in [0.15, 0.2) is 11.6 Å². The van der Waals surface area contributed by atoms with Crippen molar-refractivity contribution in [2.45, 2.75) is 38.7 Å². The number of benzene rings is 1. The van der Waals surface area contributed by atoms with Crippen molar-refractivity contribution in [2.24, 2.45) is 0 Å². The summed E-state index contributed by atoms with van der Waals surface area (Å²) in [4.78, 5) is 25.6. The van der Waals surface area contributed by atoms with Gasteiger partial charge in [0, 0.05) is 19.5 Å². The summed E-state index contributed by atoms with van der Waals surface area (Å²) in [6.45, 7) is 5.65. The predicted octanol–water partition coefficient (Wildman–Crippen LogP) is 3.26. The van der Waals surface area contributed by atoms with E-state index in [1.807, 2.05) is 0 Å². The van der Waals surface area contributed by atoms with Crippen LogP contribution in [0.4, 0.5) is 13.6 Å². The zero-order chi connectivity index (χ0) is 16.5. The first-order valence-electron chi connectivity index (χ1n) is 7.13. The number of rotatable bonds is 1. The number of hydrogen-bond acceptors (Lipinski definition) is 3. The molecule has 6 heteroatoms. The molecule has 1 aromatic rings. The van der Waals surface area contributed by atoms with Crippen LogP contribution in [-0.2, 0) is 9.53 Å². The third-order valence-electron chi connectivity index (χ3n) is 3.42. The number of ketones is 1. The summed E-state index contributed by atoms with van der Waals surface area (Å²) >= 11 is 0. The van der Waals surface area contributed by atoms with E-state index in [0.29, 0.717) is 5.56 Å². The molecule has 1 atom stereocenters. The number of piperidine rings is 1. The lowest BCUT2D eigenvalue weighted by Crippen LogP contribution is -2.45. The van der Waals surface area contributed by atoms with Gasteiger partial charge in [0.1, 0.15) is 11.4 Å². The number of halogens is 2. The maximum Gasteiger partial charge on any atom is 0.410 e. The molecule has 120 valence electrons. The van der Waals surface area contributed by atoms with Gasteiger partial charge in [-0.05, 0) is 38.5 Å². The van der Waals surface area contributed by atoms with E-state index >= 15 is 0 Å². The first kappa shape index (κ1) is 16.4. The lowest BCUT2D eigenvalue weighted by Gasteiger charge is -2.33. The van der Waals surface area contributed by atoms with Crippen LogP contribution in [0.1, 0.15) is 38.7 Å². The van der Waals surface area contributed by atoms with Gasteiger partial charge in [-0.3, -0.25) is 4.79 Å². The van der Waals surface area contributed by atoms with Crippen molar-refractivity contribution in [3.63, 3.8) is 0 Å². The largest absolute Gasteiger partial charge is 0.444 e. The smallest absolute Gasteiger partial charge is 0.410 e. The summed E-state index contributed by atoms with van der Waals surface area (Å²) in [5.41, 5.74) is -0.257. The van der Waals surface area contributed by atoms with Crippen LogP contribution in [-0.4, -0.2) is 35.5 Å². The van der Waals surface area contributed by atoms with Crippen LogP contribution in [0.2, 0.25) is 0 Å². The normalized spacial score (nSPS) is 19.2. The minimum Gasteiger partial charge on any atom is -0.444 e. The van der Waals surface area contributed by atoms with Crippen LogP contribution in [0.5, 0.6) is 0 Å². The predicted molar refractivity (Wildman–Crippen MR) is 76.5 cm³/mol. The second-order valence-corrected chi connectivity index (χ2v) is 6.37. The van der Waals surface area contributed by atoms with Crippen molar-refractivity contribution in [1.82, 2.24) is 4.90 Å². The number of likely N-dealkylation sites (tertiary alicyclic amines) is 1. The van der Waals surface area contributed by atoms with E-state index < -0.39 is 29.2 Å². The van der Waals surface area contributed by atoms with Crippen molar-refractivity contribution < 1.29 is 23.1 Å². The summed E-state index contributed by atoms with van der Waals surface area (Å²) in [5, 5.41) is 0. The first-order valence-corrected chi connectivity index (χ1v) is 7.13. The van der Waals surface area contributed by atoms with Gasteiger partial charge in [-0.15, -0.1) is 0 Å². The lowest BCUT2D eigenvalue weighted by atomic mass is 9.89. The Hall–Kier alpha value is -1.98. The monoisotopic (exact) mass is 311 g/mol. The second kappa shape index (κ2) is 6.02. The highest BCUT2D eigenvalue weighted by Crippen LogP contribution is 2.26. The molecule has 1 aromatic carbocycles. The molecule has 22 heavy (non-hydrogen) atoms. The van der Waals surface area contributed by atoms with Crippen LogP contribution in [0.25, 0.3) is 0 Å². The van der Waals surface area contributed by atoms with E-state index in [2.05, 4.69) is 0 Å². The third kappa shape index (κ3) is 3.81. The van der Waals surface area contributed by atoms with Gasteiger partial charge in [-0.2, -0.15) is 0 Å². The van der Waals surface area contributed by atoms with Gasteiger partial charge < -0.3 is 9.64 Å². The first-order chi connectivity index (χ1) is 10.2. The molecule has 1 saturated heterocycles. The average Bonchev–Trinajstić information content (AvgIpc) is 2.40. The number of nitrogens with zero attached hydrogens (tertiary/aromatic N) is 1. The molecule has 1 amide bonds. The van der Waals surface area contributed by atoms with Crippen LogP contribution in [0, 0.1) is 11.6 Å². The molecule has 1 aliphatic rings. The zero-order valence-corrected chi connectivity index (χ0v) is 12.9. The van der Waals surface area contributed by atoms with Crippen LogP contribution >= 0.6 is 0 Å². The van der Waals surface area contributed by atoms with Crippen LogP contribution < -0.4 is 0 Å². The van der Waals surface area contributed by atoms with Crippen LogP contribution in [0.3, 0.4) is 0 Å². The molecule has 0 bridgehead atoms. The fourth-order valence-corrected chi connectivity index (χ4v) is 2.35. The van der Waals surface area contributed by atoms with Gasteiger partial charge >= 0.3 is 6.09 Å². The second-order valence-electron chi connectivity index (χ2n) is 6.37. The van der Waals surface area contributed by atoms with Gasteiger partial charge in [-0.1, -0.05) is 6.07 Å². The molecule has 1 fully saturated rings. The average molecular weight is 311 g/mol. The van der Waals surface area contributed by atoms with Crippen molar-refractivity contribution in [1.29, 1.82) is 0 Å². The Bertz CT molecular complexity index is 596. The Labute approximate surface area is 128 Å². The Balaban J connectivity index is 2.16. The van der Waals surface area contributed by atoms with Crippen LogP contribution in [0.15, 0.2) is 18.2 Å².